The first-order valence-electron chi connectivity index (χ1n) is 14.4. The van der Waals surface area contributed by atoms with Gasteiger partial charge in [0.25, 0.3) is 0 Å². The van der Waals surface area contributed by atoms with Gasteiger partial charge >= 0.3 is 0 Å². The van der Waals surface area contributed by atoms with Crippen LogP contribution in [0.15, 0.2) is 0 Å². The molecule has 4 fully saturated rings. The third kappa shape index (κ3) is 3.74. The maximum atomic E-state index is 5.69. The molecule has 4 saturated carbocycles. The fourth-order valence-electron chi connectivity index (χ4n) is 10.7. The van der Waals surface area contributed by atoms with Gasteiger partial charge in [-0.05, 0) is 123 Å². The predicted molar refractivity (Wildman–Crippen MR) is 138 cm³/mol. The van der Waals surface area contributed by atoms with Crippen LogP contribution in [-0.2, 0) is 4.74 Å². The van der Waals surface area contributed by atoms with Gasteiger partial charge in [0, 0.05) is 7.11 Å². The lowest BCUT2D eigenvalue weighted by atomic mass is 9.35. The van der Waals surface area contributed by atoms with Crippen LogP contribution in [0.3, 0.4) is 0 Å². The Hall–Kier alpha value is -0.0400. The lowest BCUT2D eigenvalue weighted by Crippen LogP contribution is -2.62. The van der Waals surface area contributed by atoms with Crippen LogP contribution >= 0.6 is 0 Å². The molecule has 0 aromatic carbocycles. The van der Waals surface area contributed by atoms with Crippen molar-refractivity contribution in [3.63, 3.8) is 0 Å². The van der Waals surface area contributed by atoms with E-state index in [0.717, 1.165) is 29.6 Å². The van der Waals surface area contributed by atoms with Gasteiger partial charge < -0.3 is 4.74 Å². The van der Waals surface area contributed by atoms with E-state index in [1.807, 2.05) is 7.11 Å². The van der Waals surface area contributed by atoms with Crippen LogP contribution in [0.25, 0.3) is 0 Å². The zero-order valence-corrected chi connectivity index (χ0v) is 23.3. The highest BCUT2D eigenvalue weighted by atomic mass is 16.5. The summed E-state index contributed by atoms with van der Waals surface area (Å²) in [5.74, 6) is 4.69. The zero-order valence-electron chi connectivity index (χ0n) is 23.3. The highest BCUT2D eigenvalue weighted by molar-refractivity contribution is 5.16. The maximum Gasteiger partial charge on any atom is 0.0622 e. The molecule has 1 nitrogen and oxygen atoms in total. The molecule has 0 aromatic rings. The minimum atomic E-state index is 0.0390. The van der Waals surface area contributed by atoms with Crippen molar-refractivity contribution < 1.29 is 4.74 Å². The molecule has 0 radical (unpaired) electrons. The second kappa shape index (κ2) is 8.27. The van der Waals surface area contributed by atoms with E-state index >= 15 is 0 Å². The predicted octanol–water partition coefficient (Wildman–Crippen LogP) is 9.29. The zero-order chi connectivity index (χ0) is 23.6. The molecule has 0 aliphatic heterocycles. The average Bonchev–Trinajstić information content (AvgIpc) is 3.05. The highest BCUT2D eigenvalue weighted by Gasteiger charge is 2.67. The van der Waals surface area contributed by atoms with Gasteiger partial charge in [0.1, 0.15) is 0 Å². The van der Waals surface area contributed by atoms with Crippen LogP contribution in [-0.4, -0.2) is 12.7 Å². The first kappa shape index (κ1) is 25.1. The van der Waals surface area contributed by atoms with Crippen LogP contribution in [0.2, 0.25) is 0 Å². The summed E-state index contributed by atoms with van der Waals surface area (Å²) >= 11 is 0. The SMILES string of the molecule is COC(C)(C)CCC[C@H](C)[C@H]1CC[C@@]2(C)[C@@H]1CC[C@@H]1[C@@]3(C)CCCC(C)(C)C3CC[C@]12C. The van der Waals surface area contributed by atoms with Crippen molar-refractivity contribution in [3.8, 4) is 0 Å². The second-order valence-electron chi connectivity index (χ2n) is 15.0. The normalized spacial score (nSPS) is 46.8. The quantitative estimate of drug-likeness (QED) is 0.396. The molecule has 0 heterocycles. The van der Waals surface area contributed by atoms with Gasteiger partial charge in [-0.2, -0.15) is 0 Å². The van der Waals surface area contributed by atoms with E-state index in [2.05, 4.69) is 55.4 Å². The molecule has 0 bridgehead atoms. The maximum absolute atomic E-state index is 5.69. The Morgan fingerprint density at radius 1 is 0.844 bits per heavy atom. The molecule has 186 valence electrons. The van der Waals surface area contributed by atoms with Crippen molar-refractivity contribution in [3.05, 3.63) is 0 Å². The summed E-state index contributed by atoms with van der Waals surface area (Å²) < 4.78 is 5.69. The highest BCUT2D eigenvalue weighted by Crippen LogP contribution is 2.75. The molecule has 4 rings (SSSR count). The Morgan fingerprint density at radius 2 is 1.53 bits per heavy atom. The van der Waals surface area contributed by atoms with Crippen molar-refractivity contribution in [2.24, 2.45) is 51.2 Å². The van der Waals surface area contributed by atoms with Gasteiger partial charge in [0.15, 0.2) is 0 Å². The standard InChI is InChI=1S/C31H56O/c1-22(12-10-18-28(4,5)32-9)23-15-20-30(7)24(23)13-14-26-29(6)19-11-17-27(2,3)25(29)16-21-31(26,30)8/h22-26H,10-21H2,1-9H3/t22-,23+,24+,25?,26+,29-,30-,31+/m0/s1. The molecule has 8 atom stereocenters. The molecule has 0 N–H and O–H groups in total. The van der Waals surface area contributed by atoms with Crippen molar-refractivity contribution in [1.29, 1.82) is 0 Å². The van der Waals surface area contributed by atoms with Crippen molar-refractivity contribution in [1.82, 2.24) is 0 Å². The van der Waals surface area contributed by atoms with Crippen LogP contribution in [0.5, 0.6) is 0 Å². The molecule has 32 heavy (non-hydrogen) atoms. The van der Waals surface area contributed by atoms with Gasteiger partial charge in [0.2, 0.25) is 0 Å². The summed E-state index contributed by atoms with van der Waals surface area (Å²) in [6.07, 6.45) is 17.3. The number of hydrogen-bond donors (Lipinski definition) is 0. The van der Waals surface area contributed by atoms with Crippen LogP contribution in [0.4, 0.5) is 0 Å². The van der Waals surface area contributed by atoms with Gasteiger partial charge in [-0.25, -0.2) is 0 Å². The minimum Gasteiger partial charge on any atom is -0.379 e. The van der Waals surface area contributed by atoms with Crippen molar-refractivity contribution >= 4 is 0 Å². The van der Waals surface area contributed by atoms with E-state index < -0.39 is 0 Å². The fourth-order valence-corrected chi connectivity index (χ4v) is 10.7. The molecule has 0 aromatic heterocycles. The lowest BCUT2D eigenvalue weighted by Gasteiger charge is -2.69. The summed E-state index contributed by atoms with van der Waals surface area (Å²) in [7, 11) is 1.87. The molecular weight excluding hydrogens is 388 g/mol. The number of fused-ring (bicyclic) bond motifs is 5. The van der Waals surface area contributed by atoms with Crippen molar-refractivity contribution in [2.45, 2.75) is 138 Å². The average molecular weight is 445 g/mol. The number of ether oxygens (including phenoxy) is 1. The Morgan fingerprint density at radius 3 is 2.22 bits per heavy atom. The van der Waals surface area contributed by atoms with E-state index in [4.69, 9.17) is 4.74 Å². The summed E-state index contributed by atoms with van der Waals surface area (Å²) in [5.41, 5.74) is 2.29. The largest absolute Gasteiger partial charge is 0.379 e. The molecule has 0 amide bonds. The van der Waals surface area contributed by atoms with E-state index in [-0.39, 0.29) is 5.60 Å². The number of rotatable bonds is 6. The molecular formula is C31H56O. The first-order valence-corrected chi connectivity index (χ1v) is 14.4. The molecule has 4 aliphatic rings. The summed E-state index contributed by atoms with van der Waals surface area (Å²) in [6, 6.07) is 0. The van der Waals surface area contributed by atoms with Crippen LogP contribution in [0, 0.1) is 51.2 Å². The van der Waals surface area contributed by atoms with E-state index in [0.29, 0.717) is 21.7 Å². The molecule has 1 unspecified atom stereocenters. The summed E-state index contributed by atoms with van der Waals surface area (Å²) in [6.45, 7) is 20.6. The Bertz CT molecular complexity index is 678. The topological polar surface area (TPSA) is 9.23 Å². The van der Waals surface area contributed by atoms with Crippen LogP contribution < -0.4 is 0 Å². The number of methoxy groups -OCH3 is 1. The monoisotopic (exact) mass is 444 g/mol. The number of hydrogen-bond acceptors (Lipinski definition) is 1. The molecule has 4 aliphatic carbocycles. The van der Waals surface area contributed by atoms with Gasteiger partial charge in [-0.3, -0.25) is 0 Å². The molecule has 1 heteroatoms. The first-order chi connectivity index (χ1) is 14.8. The Kier molecular flexibility index (Phi) is 6.48. The van der Waals surface area contributed by atoms with E-state index in [1.165, 1.54) is 77.0 Å². The summed E-state index contributed by atoms with van der Waals surface area (Å²) in [4.78, 5) is 0. The van der Waals surface area contributed by atoms with E-state index in [9.17, 15) is 0 Å². The Labute approximate surface area is 201 Å². The third-order valence-electron chi connectivity index (χ3n) is 12.9. The Balaban J connectivity index is 1.51. The van der Waals surface area contributed by atoms with Crippen LogP contribution in [0.1, 0.15) is 132 Å². The van der Waals surface area contributed by atoms with Gasteiger partial charge in [-0.1, -0.05) is 60.8 Å². The molecule has 0 spiro atoms. The van der Waals surface area contributed by atoms with E-state index in [1.54, 1.807) is 0 Å². The fraction of sp³-hybridized carbons (Fsp3) is 1.00. The lowest BCUT2D eigenvalue weighted by molar-refractivity contribution is -0.203. The second-order valence-corrected chi connectivity index (χ2v) is 15.0. The van der Waals surface area contributed by atoms with Gasteiger partial charge in [0.05, 0.1) is 5.60 Å². The van der Waals surface area contributed by atoms with Crippen molar-refractivity contribution in [2.75, 3.05) is 7.11 Å². The van der Waals surface area contributed by atoms with Gasteiger partial charge in [-0.15, -0.1) is 0 Å². The summed E-state index contributed by atoms with van der Waals surface area (Å²) in [5, 5.41) is 0. The molecule has 0 saturated heterocycles. The third-order valence-corrected chi connectivity index (χ3v) is 12.9. The minimum absolute atomic E-state index is 0.0390. The smallest absolute Gasteiger partial charge is 0.0622 e.